The van der Waals surface area contributed by atoms with Crippen molar-refractivity contribution in [2.24, 2.45) is 5.73 Å². The van der Waals surface area contributed by atoms with Crippen molar-refractivity contribution in [3.05, 3.63) is 42.0 Å². The van der Waals surface area contributed by atoms with E-state index < -0.39 is 0 Å². The average Bonchev–Trinajstić information content (AvgIpc) is 2.20. The fraction of sp³-hybridized carbons (Fsp3) is 0.385. The van der Waals surface area contributed by atoms with Gasteiger partial charge in [0.2, 0.25) is 0 Å². The molecule has 2 atom stereocenters. The van der Waals surface area contributed by atoms with Crippen LogP contribution < -0.4 is 10.5 Å². The number of hydrogen-bond donors (Lipinski definition) is 1. The molecule has 0 saturated carbocycles. The summed E-state index contributed by atoms with van der Waals surface area (Å²) in [5, 5.41) is 0. The molecule has 2 heteroatoms. The van der Waals surface area contributed by atoms with E-state index in [1.54, 1.807) is 6.08 Å². The lowest BCUT2D eigenvalue weighted by molar-refractivity contribution is 0.266. The molecule has 0 aliphatic rings. The minimum absolute atomic E-state index is 0.00482. The molecule has 0 amide bonds. The highest BCUT2D eigenvalue weighted by atomic mass is 16.5. The van der Waals surface area contributed by atoms with E-state index >= 15 is 0 Å². The first-order chi connectivity index (χ1) is 7.04. The van der Waals surface area contributed by atoms with E-state index in [0.717, 1.165) is 11.3 Å². The van der Waals surface area contributed by atoms with Gasteiger partial charge in [-0.2, -0.15) is 0 Å². The smallest absolute Gasteiger partial charge is 0.124 e. The van der Waals surface area contributed by atoms with Crippen molar-refractivity contribution in [2.75, 3.05) is 0 Å². The highest BCUT2D eigenvalue weighted by molar-refractivity contribution is 5.39. The zero-order valence-corrected chi connectivity index (χ0v) is 9.66. The fourth-order valence-corrected chi connectivity index (χ4v) is 1.38. The van der Waals surface area contributed by atoms with Crippen LogP contribution in [-0.4, -0.2) is 6.10 Å². The molecule has 2 nitrogen and oxygen atoms in total. The van der Waals surface area contributed by atoms with E-state index in [2.05, 4.69) is 12.6 Å². The molecule has 0 aliphatic heterocycles. The summed E-state index contributed by atoms with van der Waals surface area (Å²) in [6.45, 7) is 9.66. The van der Waals surface area contributed by atoms with E-state index in [1.165, 1.54) is 5.56 Å². The summed E-state index contributed by atoms with van der Waals surface area (Å²) in [5.74, 6) is 0.850. The molecular weight excluding hydrogens is 186 g/mol. The first-order valence-electron chi connectivity index (χ1n) is 5.20. The summed E-state index contributed by atoms with van der Waals surface area (Å²) < 4.78 is 5.71. The van der Waals surface area contributed by atoms with Crippen molar-refractivity contribution in [1.29, 1.82) is 0 Å². The topological polar surface area (TPSA) is 35.2 Å². The number of benzene rings is 1. The zero-order chi connectivity index (χ0) is 11.4. The Labute approximate surface area is 91.7 Å². The van der Waals surface area contributed by atoms with Gasteiger partial charge < -0.3 is 10.5 Å². The molecule has 2 N–H and O–H groups in total. The molecule has 1 aromatic rings. The van der Waals surface area contributed by atoms with Gasteiger partial charge in [0.05, 0.1) is 0 Å². The summed E-state index contributed by atoms with van der Waals surface area (Å²) >= 11 is 0. The predicted molar refractivity (Wildman–Crippen MR) is 64.1 cm³/mol. The maximum absolute atomic E-state index is 5.89. The van der Waals surface area contributed by atoms with Gasteiger partial charge in [0.25, 0.3) is 0 Å². The van der Waals surface area contributed by atoms with Gasteiger partial charge in [-0.25, -0.2) is 0 Å². The van der Waals surface area contributed by atoms with E-state index in [-0.39, 0.29) is 12.1 Å². The minimum atomic E-state index is -0.0167. The van der Waals surface area contributed by atoms with Gasteiger partial charge in [0.15, 0.2) is 0 Å². The summed E-state index contributed by atoms with van der Waals surface area (Å²) in [4.78, 5) is 0. The minimum Gasteiger partial charge on any atom is -0.486 e. The van der Waals surface area contributed by atoms with Crippen molar-refractivity contribution in [1.82, 2.24) is 0 Å². The Morgan fingerprint density at radius 2 is 2.07 bits per heavy atom. The summed E-state index contributed by atoms with van der Waals surface area (Å²) in [5.41, 5.74) is 8.14. The lowest BCUT2D eigenvalue weighted by atomic mass is 10.1. The average molecular weight is 205 g/mol. The van der Waals surface area contributed by atoms with Crippen LogP contribution in [0.5, 0.6) is 5.75 Å². The van der Waals surface area contributed by atoms with E-state index in [9.17, 15) is 0 Å². The first-order valence-corrected chi connectivity index (χ1v) is 5.20. The molecule has 0 aromatic heterocycles. The number of rotatable bonds is 4. The molecule has 0 bridgehead atoms. The van der Waals surface area contributed by atoms with Crippen molar-refractivity contribution >= 4 is 0 Å². The molecular formula is C13H19NO. The second-order valence-electron chi connectivity index (χ2n) is 3.89. The molecule has 0 radical (unpaired) electrons. The van der Waals surface area contributed by atoms with Crippen LogP contribution >= 0.6 is 0 Å². The van der Waals surface area contributed by atoms with Crippen molar-refractivity contribution in [3.8, 4) is 5.75 Å². The molecule has 1 unspecified atom stereocenters. The lowest BCUT2D eigenvalue weighted by Gasteiger charge is -2.17. The molecule has 0 fully saturated rings. The second-order valence-corrected chi connectivity index (χ2v) is 3.89. The van der Waals surface area contributed by atoms with Gasteiger partial charge in [-0.3, -0.25) is 0 Å². The number of ether oxygens (including phenoxy) is 1. The molecule has 1 rings (SSSR count). The van der Waals surface area contributed by atoms with Gasteiger partial charge in [0, 0.05) is 11.6 Å². The normalized spacial score (nSPS) is 14.4. The molecule has 82 valence electrons. The van der Waals surface area contributed by atoms with Crippen LogP contribution in [0.25, 0.3) is 0 Å². The van der Waals surface area contributed by atoms with Gasteiger partial charge in [0.1, 0.15) is 11.9 Å². The van der Waals surface area contributed by atoms with Gasteiger partial charge >= 0.3 is 0 Å². The van der Waals surface area contributed by atoms with Crippen molar-refractivity contribution in [3.63, 3.8) is 0 Å². The Morgan fingerprint density at radius 3 is 2.60 bits per heavy atom. The number of hydrogen-bond acceptors (Lipinski definition) is 2. The summed E-state index contributed by atoms with van der Waals surface area (Å²) in [7, 11) is 0. The molecule has 0 aliphatic carbocycles. The monoisotopic (exact) mass is 205 g/mol. The van der Waals surface area contributed by atoms with Crippen LogP contribution in [0.2, 0.25) is 0 Å². The maximum Gasteiger partial charge on any atom is 0.124 e. The van der Waals surface area contributed by atoms with Crippen LogP contribution in [0, 0.1) is 6.92 Å². The van der Waals surface area contributed by atoms with E-state index in [4.69, 9.17) is 10.5 Å². The third-order valence-corrected chi connectivity index (χ3v) is 2.30. The third-order valence-electron chi connectivity index (χ3n) is 2.30. The molecule has 0 heterocycles. The molecule has 0 spiro atoms. The van der Waals surface area contributed by atoms with Crippen LogP contribution in [0.3, 0.4) is 0 Å². The zero-order valence-electron chi connectivity index (χ0n) is 9.66. The quantitative estimate of drug-likeness (QED) is 0.767. The molecule has 15 heavy (non-hydrogen) atoms. The lowest BCUT2D eigenvalue weighted by Crippen LogP contribution is -2.13. The maximum atomic E-state index is 5.89. The van der Waals surface area contributed by atoms with Gasteiger partial charge in [-0.05, 0) is 26.8 Å². The summed E-state index contributed by atoms with van der Waals surface area (Å²) in [6.07, 6.45) is 1.77. The largest absolute Gasteiger partial charge is 0.486 e. The fourth-order valence-electron chi connectivity index (χ4n) is 1.38. The highest BCUT2D eigenvalue weighted by Crippen LogP contribution is 2.25. The Balaban J connectivity index is 3.00. The van der Waals surface area contributed by atoms with Gasteiger partial charge in [-0.1, -0.05) is 30.4 Å². The number of aryl methyl sites for hydroxylation is 1. The van der Waals surface area contributed by atoms with Crippen molar-refractivity contribution in [2.45, 2.75) is 32.9 Å². The Morgan fingerprint density at radius 1 is 1.40 bits per heavy atom. The second kappa shape index (κ2) is 4.99. The third kappa shape index (κ3) is 3.10. The highest BCUT2D eigenvalue weighted by Gasteiger charge is 2.09. The van der Waals surface area contributed by atoms with Crippen LogP contribution in [-0.2, 0) is 0 Å². The van der Waals surface area contributed by atoms with E-state index in [0.29, 0.717) is 0 Å². The molecule has 1 aromatic carbocycles. The first kappa shape index (κ1) is 11.8. The summed E-state index contributed by atoms with van der Waals surface area (Å²) in [6, 6.07) is 6.04. The standard InChI is InChI=1S/C13H19NO/c1-5-10(3)15-13-7-6-9(2)8-12(13)11(4)14/h5-8,10-11H,1,14H2,2-4H3/t10?,11-/m0/s1. The molecule has 0 saturated heterocycles. The van der Waals surface area contributed by atoms with Crippen LogP contribution in [0.1, 0.15) is 31.0 Å². The van der Waals surface area contributed by atoms with E-state index in [1.807, 2.05) is 32.9 Å². The van der Waals surface area contributed by atoms with Crippen LogP contribution in [0.4, 0.5) is 0 Å². The Hall–Kier alpha value is -1.28. The predicted octanol–water partition coefficient (Wildman–Crippen LogP) is 2.97. The van der Waals surface area contributed by atoms with Gasteiger partial charge in [-0.15, -0.1) is 0 Å². The van der Waals surface area contributed by atoms with Crippen molar-refractivity contribution < 1.29 is 4.74 Å². The SMILES string of the molecule is C=CC(C)Oc1ccc(C)cc1[C@H](C)N. The Kier molecular flexibility index (Phi) is 3.92. The van der Waals surface area contributed by atoms with Crippen LogP contribution in [0.15, 0.2) is 30.9 Å². The Bertz CT molecular complexity index is 344. The number of nitrogens with two attached hydrogens (primary N) is 1.